The van der Waals surface area contributed by atoms with Crippen molar-refractivity contribution in [3.05, 3.63) is 24.3 Å². The minimum Gasteiger partial charge on any atom is -0.355 e. The number of rotatable bonds is 6. The van der Waals surface area contributed by atoms with Crippen LogP contribution in [-0.2, 0) is 11.2 Å². The Hall–Kier alpha value is -1.53. The summed E-state index contributed by atoms with van der Waals surface area (Å²) in [6, 6.07) is 0.572. The van der Waals surface area contributed by atoms with Crippen molar-refractivity contribution in [3.63, 3.8) is 0 Å². The minimum absolute atomic E-state index is 0.0910. The van der Waals surface area contributed by atoms with Gasteiger partial charge in [-0.2, -0.15) is 0 Å². The summed E-state index contributed by atoms with van der Waals surface area (Å²) in [5.41, 5.74) is 0.904. The molecule has 1 N–H and O–H groups in total. The van der Waals surface area contributed by atoms with Gasteiger partial charge in [-0.05, 0) is 20.5 Å². The van der Waals surface area contributed by atoms with Crippen molar-refractivity contribution in [1.82, 2.24) is 25.1 Å². The molecule has 20 heavy (non-hydrogen) atoms. The number of hydrogen-bond acceptors (Lipinski definition) is 5. The number of nitrogens with zero attached hydrogens (tertiary/aromatic N) is 4. The quantitative estimate of drug-likeness (QED) is 0.778. The van der Waals surface area contributed by atoms with Crippen molar-refractivity contribution in [3.8, 4) is 0 Å². The van der Waals surface area contributed by atoms with Crippen LogP contribution in [0.4, 0.5) is 0 Å². The van der Waals surface area contributed by atoms with Gasteiger partial charge in [-0.25, -0.2) is 0 Å². The summed E-state index contributed by atoms with van der Waals surface area (Å²) in [6.45, 7) is 3.08. The number of amides is 1. The molecule has 0 saturated carbocycles. The number of likely N-dealkylation sites (N-methyl/N-ethyl adjacent to an activating group) is 1. The molecule has 2 heterocycles. The van der Waals surface area contributed by atoms with Crippen LogP contribution in [0.15, 0.2) is 18.6 Å². The van der Waals surface area contributed by atoms with Crippen LogP contribution in [0.1, 0.15) is 12.1 Å². The van der Waals surface area contributed by atoms with Gasteiger partial charge in [0.2, 0.25) is 5.91 Å². The van der Waals surface area contributed by atoms with E-state index < -0.39 is 0 Å². The van der Waals surface area contributed by atoms with E-state index in [0.717, 1.165) is 31.6 Å². The number of likely N-dealkylation sites (tertiary alicyclic amines) is 1. The fraction of sp³-hybridized carbons (Fsp3) is 0.643. The number of aromatic nitrogens is 2. The number of carbonyl (C=O) groups is 1. The zero-order chi connectivity index (χ0) is 14.4. The first kappa shape index (κ1) is 14.9. The SMILES string of the molecule is CN(C)[C@H]1CCN(CC(=O)NCCc2cnccn2)C1. The number of hydrogen-bond donors (Lipinski definition) is 1. The molecule has 6 heteroatoms. The van der Waals surface area contributed by atoms with Crippen LogP contribution in [0.25, 0.3) is 0 Å². The average Bonchev–Trinajstić information content (AvgIpc) is 2.88. The van der Waals surface area contributed by atoms with Gasteiger partial charge >= 0.3 is 0 Å². The molecule has 6 nitrogen and oxygen atoms in total. The normalized spacial score (nSPS) is 19.4. The summed E-state index contributed by atoms with van der Waals surface area (Å²) >= 11 is 0. The van der Waals surface area contributed by atoms with E-state index in [4.69, 9.17) is 0 Å². The molecule has 1 fully saturated rings. The smallest absolute Gasteiger partial charge is 0.234 e. The van der Waals surface area contributed by atoms with Gasteiger partial charge in [-0.15, -0.1) is 0 Å². The third-order valence-electron chi connectivity index (χ3n) is 3.66. The Labute approximate surface area is 120 Å². The zero-order valence-electron chi connectivity index (χ0n) is 12.2. The standard InChI is InChI=1S/C14H23N5O/c1-18(2)13-4-8-19(10-13)11-14(20)17-5-3-12-9-15-6-7-16-12/h6-7,9,13H,3-5,8,10-11H2,1-2H3,(H,17,20)/t13-/m0/s1. The monoisotopic (exact) mass is 277 g/mol. The van der Waals surface area contributed by atoms with Gasteiger partial charge in [0.15, 0.2) is 0 Å². The largest absolute Gasteiger partial charge is 0.355 e. The Morgan fingerprint density at radius 1 is 1.50 bits per heavy atom. The second kappa shape index (κ2) is 7.31. The second-order valence-electron chi connectivity index (χ2n) is 5.44. The van der Waals surface area contributed by atoms with Gasteiger partial charge < -0.3 is 10.2 Å². The molecular weight excluding hydrogens is 254 g/mol. The van der Waals surface area contributed by atoms with Gasteiger partial charge in [-0.1, -0.05) is 0 Å². The molecular formula is C14H23N5O. The Bertz CT molecular complexity index is 423. The molecule has 1 aliphatic heterocycles. The van der Waals surface area contributed by atoms with E-state index in [0.29, 0.717) is 19.1 Å². The van der Waals surface area contributed by atoms with Crippen LogP contribution in [-0.4, -0.2) is 72.0 Å². The Morgan fingerprint density at radius 3 is 3.00 bits per heavy atom. The van der Waals surface area contributed by atoms with Gasteiger partial charge in [-0.3, -0.25) is 19.7 Å². The highest BCUT2D eigenvalue weighted by atomic mass is 16.2. The van der Waals surface area contributed by atoms with Crippen molar-refractivity contribution in [2.24, 2.45) is 0 Å². The first-order valence-corrected chi connectivity index (χ1v) is 7.05. The fourth-order valence-corrected chi connectivity index (χ4v) is 2.43. The summed E-state index contributed by atoms with van der Waals surface area (Å²) in [7, 11) is 4.18. The Morgan fingerprint density at radius 2 is 2.35 bits per heavy atom. The van der Waals surface area contributed by atoms with Crippen molar-refractivity contribution in [2.75, 3.05) is 40.3 Å². The summed E-state index contributed by atoms with van der Waals surface area (Å²) in [4.78, 5) is 24.5. The molecule has 1 amide bonds. The number of carbonyl (C=O) groups excluding carboxylic acids is 1. The average molecular weight is 277 g/mol. The van der Waals surface area contributed by atoms with Gasteiger partial charge in [0.05, 0.1) is 12.2 Å². The maximum absolute atomic E-state index is 11.9. The highest BCUT2D eigenvalue weighted by Gasteiger charge is 2.24. The maximum atomic E-state index is 11.9. The molecule has 1 aromatic heterocycles. The summed E-state index contributed by atoms with van der Waals surface area (Å²) < 4.78 is 0. The molecule has 2 rings (SSSR count). The van der Waals surface area contributed by atoms with Crippen LogP contribution < -0.4 is 5.32 Å². The molecule has 0 bridgehead atoms. The first-order chi connectivity index (χ1) is 9.65. The van der Waals surface area contributed by atoms with E-state index in [2.05, 4.69) is 39.2 Å². The maximum Gasteiger partial charge on any atom is 0.234 e. The molecule has 0 aliphatic carbocycles. The molecule has 0 spiro atoms. The Kier molecular flexibility index (Phi) is 5.43. The van der Waals surface area contributed by atoms with Gasteiger partial charge in [0.1, 0.15) is 0 Å². The van der Waals surface area contributed by atoms with Crippen LogP contribution in [0.3, 0.4) is 0 Å². The van der Waals surface area contributed by atoms with Crippen molar-refractivity contribution < 1.29 is 4.79 Å². The van der Waals surface area contributed by atoms with Crippen molar-refractivity contribution in [2.45, 2.75) is 18.9 Å². The van der Waals surface area contributed by atoms with Crippen molar-refractivity contribution in [1.29, 1.82) is 0 Å². The van der Waals surface area contributed by atoms with E-state index in [1.165, 1.54) is 0 Å². The fourth-order valence-electron chi connectivity index (χ4n) is 2.43. The van der Waals surface area contributed by atoms with E-state index in [1.54, 1.807) is 18.6 Å². The highest BCUT2D eigenvalue weighted by molar-refractivity contribution is 5.78. The third kappa shape index (κ3) is 4.54. The summed E-state index contributed by atoms with van der Waals surface area (Å²) in [5, 5.41) is 2.94. The molecule has 1 aliphatic rings. The summed E-state index contributed by atoms with van der Waals surface area (Å²) in [6.07, 6.45) is 6.91. The second-order valence-corrected chi connectivity index (χ2v) is 5.44. The van der Waals surface area contributed by atoms with Crippen LogP contribution in [0, 0.1) is 0 Å². The summed E-state index contributed by atoms with van der Waals surface area (Å²) in [5.74, 6) is 0.0910. The molecule has 0 unspecified atom stereocenters. The van der Waals surface area contributed by atoms with Crippen LogP contribution >= 0.6 is 0 Å². The molecule has 0 radical (unpaired) electrons. The lowest BCUT2D eigenvalue weighted by atomic mass is 10.2. The van der Waals surface area contributed by atoms with Crippen LogP contribution in [0.5, 0.6) is 0 Å². The predicted octanol–water partition coefficient (Wildman–Crippen LogP) is -0.229. The third-order valence-corrected chi connectivity index (χ3v) is 3.66. The van der Waals surface area contributed by atoms with E-state index in [-0.39, 0.29) is 5.91 Å². The molecule has 0 aromatic carbocycles. The molecule has 1 saturated heterocycles. The first-order valence-electron chi connectivity index (χ1n) is 7.05. The lowest BCUT2D eigenvalue weighted by molar-refractivity contribution is -0.122. The Balaban J connectivity index is 1.64. The van der Waals surface area contributed by atoms with Crippen LogP contribution in [0.2, 0.25) is 0 Å². The van der Waals surface area contributed by atoms with E-state index >= 15 is 0 Å². The van der Waals surface area contributed by atoms with E-state index in [9.17, 15) is 4.79 Å². The predicted molar refractivity (Wildman–Crippen MR) is 77.3 cm³/mol. The highest BCUT2D eigenvalue weighted by Crippen LogP contribution is 2.12. The molecule has 1 atom stereocenters. The van der Waals surface area contributed by atoms with Gasteiger partial charge in [0, 0.05) is 50.7 Å². The number of nitrogens with one attached hydrogen (secondary N) is 1. The van der Waals surface area contributed by atoms with E-state index in [1.807, 2.05) is 0 Å². The minimum atomic E-state index is 0.0910. The topological polar surface area (TPSA) is 61.4 Å². The zero-order valence-corrected chi connectivity index (χ0v) is 12.2. The van der Waals surface area contributed by atoms with Crippen molar-refractivity contribution >= 4 is 5.91 Å². The molecule has 1 aromatic rings. The molecule has 110 valence electrons. The lowest BCUT2D eigenvalue weighted by Gasteiger charge is -2.20. The lowest BCUT2D eigenvalue weighted by Crippen LogP contribution is -2.38. The van der Waals surface area contributed by atoms with Gasteiger partial charge in [0.25, 0.3) is 0 Å².